The van der Waals surface area contributed by atoms with Crippen LogP contribution in [0.25, 0.3) is 0 Å². The Morgan fingerprint density at radius 1 is 1.22 bits per heavy atom. The number of anilines is 1. The number of nitrogens with one attached hydrogen (secondary N) is 1. The van der Waals surface area contributed by atoms with E-state index in [0.717, 1.165) is 16.1 Å². The summed E-state index contributed by atoms with van der Waals surface area (Å²) in [6.45, 7) is 6.76. The predicted octanol–water partition coefficient (Wildman–Crippen LogP) is 4.22. The summed E-state index contributed by atoms with van der Waals surface area (Å²) in [7, 11) is -3.53. The third-order valence-corrected chi connectivity index (χ3v) is 8.24. The zero-order valence-electron chi connectivity index (χ0n) is 15.9. The fraction of sp³-hybridized carbons (Fsp3) is 0.450. The number of thiophene rings is 1. The van der Waals surface area contributed by atoms with Gasteiger partial charge in [0.15, 0.2) is 0 Å². The summed E-state index contributed by atoms with van der Waals surface area (Å²) in [6.07, 6.45) is 1.39. The van der Waals surface area contributed by atoms with Crippen LogP contribution in [0.3, 0.4) is 0 Å². The zero-order chi connectivity index (χ0) is 19.6. The number of benzene rings is 1. The van der Waals surface area contributed by atoms with Gasteiger partial charge in [0.25, 0.3) is 10.0 Å². The molecule has 146 valence electrons. The first kappa shape index (κ1) is 20.0. The predicted molar refractivity (Wildman–Crippen MR) is 110 cm³/mol. The highest BCUT2D eigenvalue weighted by Gasteiger charge is 2.34. The van der Waals surface area contributed by atoms with Crippen LogP contribution in [-0.2, 0) is 14.8 Å². The minimum Gasteiger partial charge on any atom is -0.326 e. The molecule has 1 aliphatic heterocycles. The molecule has 1 aromatic heterocycles. The summed E-state index contributed by atoms with van der Waals surface area (Å²) in [6, 6.07) is 11.2. The first-order valence-electron chi connectivity index (χ1n) is 9.25. The number of rotatable bonds is 5. The van der Waals surface area contributed by atoms with Gasteiger partial charge in [0.1, 0.15) is 4.21 Å². The van der Waals surface area contributed by atoms with Gasteiger partial charge in [-0.05, 0) is 49.4 Å². The molecule has 1 saturated heterocycles. The van der Waals surface area contributed by atoms with Crippen LogP contribution in [0.15, 0.2) is 40.6 Å². The molecule has 2 heterocycles. The molecule has 1 aromatic carbocycles. The molecule has 0 saturated carbocycles. The van der Waals surface area contributed by atoms with Gasteiger partial charge in [-0.25, -0.2) is 8.42 Å². The third-order valence-electron chi connectivity index (χ3n) is 4.91. The summed E-state index contributed by atoms with van der Waals surface area (Å²) in [4.78, 5) is 13.8. The fourth-order valence-corrected chi connectivity index (χ4v) is 6.36. The van der Waals surface area contributed by atoms with Gasteiger partial charge in [-0.2, -0.15) is 4.31 Å². The summed E-state index contributed by atoms with van der Waals surface area (Å²) in [5, 5.41) is 3.02. The van der Waals surface area contributed by atoms with E-state index in [9.17, 15) is 13.2 Å². The Balaban J connectivity index is 1.74. The number of sulfonamides is 1. The van der Waals surface area contributed by atoms with E-state index in [1.165, 1.54) is 15.6 Å². The van der Waals surface area contributed by atoms with Crippen molar-refractivity contribution >= 4 is 33.0 Å². The lowest BCUT2D eigenvalue weighted by Gasteiger charge is -2.31. The van der Waals surface area contributed by atoms with Crippen LogP contribution in [0, 0.1) is 12.8 Å². The molecule has 1 unspecified atom stereocenters. The van der Waals surface area contributed by atoms with Gasteiger partial charge in [0.05, 0.1) is 5.92 Å². The van der Waals surface area contributed by atoms with Crippen LogP contribution in [0.1, 0.15) is 43.0 Å². The Morgan fingerprint density at radius 2 is 1.96 bits per heavy atom. The van der Waals surface area contributed by atoms with E-state index in [-0.39, 0.29) is 18.4 Å². The van der Waals surface area contributed by atoms with Crippen LogP contribution in [-0.4, -0.2) is 31.7 Å². The van der Waals surface area contributed by atoms with E-state index in [1.54, 1.807) is 6.07 Å². The molecule has 1 fully saturated rings. The normalized spacial score (nSPS) is 18.6. The maximum Gasteiger partial charge on any atom is 0.252 e. The standard InChI is InChI=1S/C20H26N2O3S2/c1-14(2)17-8-4-5-9-18(17)21-20(23)16-7-6-12-22(13-16)27(24,25)19-11-10-15(3)26-19/h4-5,8-11,14,16H,6-7,12-13H2,1-3H3,(H,21,23). The molecule has 3 rings (SSSR count). The van der Waals surface area contributed by atoms with Gasteiger partial charge in [-0.15, -0.1) is 11.3 Å². The van der Waals surface area contributed by atoms with Gasteiger partial charge >= 0.3 is 0 Å². The molecule has 0 radical (unpaired) electrons. The van der Waals surface area contributed by atoms with Crippen LogP contribution in [0.4, 0.5) is 5.69 Å². The van der Waals surface area contributed by atoms with Crippen molar-refractivity contribution in [3.05, 3.63) is 46.8 Å². The number of carbonyl (C=O) groups excluding carboxylic acids is 1. The average Bonchev–Trinajstić information content (AvgIpc) is 3.09. The molecule has 0 bridgehead atoms. The molecule has 0 spiro atoms. The fourth-order valence-electron chi connectivity index (χ4n) is 3.40. The molecule has 1 N–H and O–H groups in total. The molecule has 1 atom stereocenters. The summed E-state index contributed by atoms with van der Waals surface area (Å²) in [5.74, 6) is -0.146. The molecule has 1 amide bonds. The SMILES string of the molecule is Cc1ccc(S(=O)(=O)N2CCCC(C(=O)Nc3ccccc3C(C)C)C2)s1. The van der Waals surface area contributed by atoms with Crippen LogP contribution in [0.5, 0.6) is 0 Å². The second-order valence-electron chi connectivity index (χ2n) is 7.30. The van der Waals surface area contributed by atoms with Crippen LogP contribution >= 0.6 is 11.3 Å². The Morgan fingerprint density at radius 3 is 2.63 bits per heavy atom. The molecular formula is C20H26N2O3S2. The van der Waals surface area contributed by atoms with E-state index in [4.69, 9.17) is 0 Å². The molecular weight excluding hydrogens is 380 g/mol. The lowest BCUT2D eigenvalue weighted by molar-refractivity contribution is -0.120. The number of piperidine rings is 1. The first-order chi connectivity index (χ1) is 12.8. The Hall–Kier alpha value is -1.70. The Labute approximate surface area is 165 Å². The lowest BCUT2D eigenvalue weighted by atomic mass is 9.97. The molecule has 27 heavy (non-hydrogen) atoms. The van der Waals surface area contributed by atoms with Gasteiger partial charge in [-0.1, -0.05) is 32.0 Å². The van der Waals surface area contributed by atoms with Crippen molar-refractivity contribution in [3.8, 4) is 0 Å². The number of aryl methyl sites for hydroxylation is 1. The molecule has 0 aliphatic carbocycles. The minimum atomic E-state index is -3.53. The van der Waals surface area contributed by atoms with Crippen molar-refractivity contribution in [1.82, 2.24) is 4.31 Å². The maximum absolute atomic E-state index is 12.9. The highest BCUT2D eigenvalue weighted by atomic mass is 32.2. The Kier molecular flexibility index (Phi) is 6.03. The van der Waals surface area contributed by atoms with Crippen molar-refractivity contribution in [3.63, 3.8) is 0 Å². The highest BCUT2D eigenvalue weighted by molar-refractivity contribution is 7.91. The van der Waals surface area contributed by atoms with Crippen molar-refractivity contribution in [1.29, 1.82) is 0 Å². The van der Waals surface area contributed by atoms with Crippen LogP contribution < -0.4 is 5.32 Å². The molecule has 2 aromatic rings. The number of para-hydroxylation sites is 1. The van der Waals surface area contributed by atoms with Crippen molar-refractivity contribution in [2.24, 2.45) is 5.92 Å². The van der Waals surface area contributed by atoms with E-state index in [2.05, 4.69) is 19.2 Å². The zero-order valence-corrected chi connectivity index (χ0v) is 17.6. The Bertz CT molecular complexity index is 919. The van der Waals surface area contributed by atoms with Gasteiger partial charge in [0.2, 0.25) is 5.91 Å². The number of carbonyl (C=O) groups is 1. The van der Waals surface area contributed by atoms with E-state index >= 15 is 0 Å². The molecule has 5 nitrogen and oxygen atoms in total. The number of amides is 1. The average molecular weight is 407 g/mol. The smallest absolute Gasteiger partial charge is 0.252 e. The quantitative estimate of drug-likeness (QED) is 0.808. The van der Waals surface area contributed by atoms with Crippen molar-refractivity contribution in [2.45, 2.75) is 43.7 Å². The van der Waals surface area contributed by atoms with Crippen molar-refractivity contribution < 1.29 is 13.2 Å². The lowest BCUT2D eigenvalue weighted by Crippen LogP contribution is -2.43. The van der Waals surface area contributed by atoms with E-state index in [0.29, 0.717) is 29.5 Å². The van der Waals surface area contributed by atoms with Gasteiger partial charge in [0, 0.05) is 23.7 Å². The second-order valence-corrected chi connectivity index (χ2v) is 10.8. The minimum absolute atomic E-state index is 0.106. The largest absolute Gasteiger partial charge is 0.326 e. The van der Waals surface area contributed by atoms with Gasteiger partial charge < -0.3 is 5.32 Å². The molecule has 7 heteroatoms. The number of hydrogen-bond acceptors (Lipinski definition) is 4. The number of hydrogen-bond donors (Lipinski definition) is 1. The summed E-state index contributed by atoms with van der Waals surface area (Å²) >= 11 is 1.28. The first-order valence-corrected chi connectivity index (χ1v) is 11.5. The van der Waals surface area contributed by atoms with E-state index < -0.39 is 10.0 Å². The third kappa shape index (κ3) is 4.42. The summed E-state index contributed by atoms with van der Waals surface area (Å²) < 4.78 is 27.6. The van der Waals surface area contributed by atoms with Crippen LogP contribution in [0.2, 0.25) is 0 Å². The van der Waals surface area contributed by atoms with Crippen molar-refractivity contribution in [2.75, 3.05) is 18.4 Å². The monoisotopic (exact) mass is 406 g/mol. The maximum atomic E-state index is 12.9. The number of nitrogens with zero attached hydrogens (tertiary/aromatic N) is 1. The highest BCUT2D eigenvalue weighted by Crippen LogP contribution is 2.29. The molecule has 1 aliphatic rings. The van der Waals surface area contributed by atoms with E-state index in [1.807, 2.05) is 37.3 Å². The summed E-state index contributed by atoms with van der Waals surface area (Å²) in [5.41, 5.74) is 1.89. The van der Waals surface area contributed by atoms with Gasteiger partial charge in [-0.3, -0.25) is 4.79 Å². The second kappa shape index (κ2) is 8.12. The topological polar surface area (TPSA) is 66.5 Å².